The van der Waals surface area contributed by atoms with Crippen LogP contribution in [0.2, 0.25) is 0 Å². The first kappa shape index (κ1) is 23.4. The molecular formula is C28H29NO5. The van der Waals surface area contributed by atoms with Crippen LogP contribution in [-0.4, -0.2) is 31.8 Å². The average Bonchev–Trinajstić information content (AvgIpc) is 3.06. The van der Waals surface area contributed by atoms with Gasteiger partial charge in [0.1, 0.15) is 11.0 Å². The number of carbonyl (C=O) groups excluding carboxylic acids is 2. The lowest BCUT2D eigenvalue weighted by Crippen LogP contribution is -2.46. The Hall–Kier alpha value is -3.80. The van der Waals surface area contributed by atoms with Crippen molar-refractivity contribution in [1.29, 1.82) is 0 Å². The normalized spacial score (nSPS) is 17.4. The van der Waals surface area contributed by atoms with E-state index < -0.39 is 23.0 Å². The van der Waals surface area contributed by atoms with Crippen LogP contribution >= 0.6 is 0 Å². The second-order valence-corrected chi connectivity index (χ2v) is 9.33. The van der Waals surface area contributed by atoms with Crippen LogP contribution in [0.15, 0.2) is 66.7 Å². The molecule has 0 N–H and O–H groups in total. The second-order valence-electron chi connectivity index (χ2n) is 9.33. The van der Waals surface area contributed by atoms with Gasteiger partial charge in [0.05, 0.1) is 19.9 Å². The second kappa shape index (κ2) is 8.52. The minimum absolute atomic E-state index is 0.402. The first-order valence-corrected chi connectivity index (χ1v) is 11.1. The zero-order chi connectivity index (χ0) is 24.7. The van der Waals surface area contributed by atoms with Gasteiger partial charge in [-0.2, -0.15) is 0 Å². The van der Waals surface area contributed by atoms with Gasteiger partial charge in [-0.05, 0) is 57.0 Å². The molecule has 4 rings (SSSR count). The lowest BCUT2D eigenvalue weighted by molar-refractivity contribution is -0.120. The quantitative estimate of drug-likeness (QED) is 0.506. The number of imide groups is 1. The minimum atomic E-state index is -1.28. The van der Waals surface area contributed by atoms with Gasteiger partial charge in [0, 0.05) is 5.56 Å². The van der Waals surface area contributed by atoms with E-state index in [1.54, 1.807) is 53.2 Å². The van der Waals surface area contributed by atoms with Gasteiger partial charge in [-0.1, -0.05) is 54.1 Å². The molecule has 0 aromatic heterocycles. The molecule has 2 amide bonds. The smallest absolute Gasteiger partial charge is 0.421 e. The predicted molar refractivity (Wildman–Crippen MR) is 131 cm³/mol. The number of anilines is 1. The summed E-state index contributed by atoms with van der Waals surface area (Å²) in [5, 5.41) is 0. The van der Waals surface area contributed by atoms with Crippen molar-refractivity contribution in [2.24, 2.45) is 0 Å². The number of ether oxygens (including phenoxy) is 3. The lowest BCUT2D eigenvalue weighted by Gasteiger charge is -2.31. The van der Waals surface area contributed by atoms with E-state index in [9.17, 15) is 9.59 Å². The molecule has 34 heavy (non-hydrogen) atoms. The van der Waals surface area contributed by atoms with Gasteiger partial charge in [0.15, 0.2) is 11.5 Å². The molecule has 1 atom stereocenters. The number of carbonyl (C=O) groups is 2. The van der Waals surface area contributed by atoms with E-state index in [4.69, 9.17) is 14.2 Å². The molecule has 1 aliphatic rings. The molecule has 0 aliphatic carbocycles. The third-order valence-electron chi connectivity index (χ3n) is 5.92. The molecule has 0 bridgehead atoms. The third kappa shape index (κ3) is 3.69. The molecule has 1 aliphatic heterocycles. The van der Waals surface area contributed by atoms with E-state index >= 15 is 0 Å². The Balaban J connectivity index is 2.06. The van der Waals surface area contributed by atoms with Gasteiger partial charge in [-0.3, -0.25) is 4.79 Å². The highest BCUT2D eigenvalue weighted by Crippen LogP contribution is 2.52. The van der Waals surface area contributed by atoms with Crippen LogP contribution in [0, 0.1) is 6.92 Å². The Morgan fingerprint density at radius 1 is 0.853 bits per heavy atom. The maximum atomic E-state index is 14.4. The van der Waals surface area contributed by atoms with Crippen molar-refractivity contribution in [1.82, 2.24) is 0 Å². The molecule has 0 fully saturated rings. The minimum Gasteiger partial charge on any atom is -0.493 e. The highest BCUT2D eigenvalue weighted by molar-refractivity contribution is 6.24. The van der Waals surface area contributed by atoms with Gasteiger partial charge >= 0.3 is 6.09 Å². The number of nitrogens with zero attached hydrogens (tertiary/aromatic N) is 1. The van der Waals surface area contributed by atoms with Gasteiger partial charge in [-0.15, -0.1) is 0 Å². The summed E-state index contributed by atoms with van der Waals surface area (Å²) >= 11 is 0. The van der Waals surface area contributed by atoms with Gasteiger partial charge in [0.2, 0.25) is 0 Å². The molecule has 1 heterocycles. The zero-order valence-electron chi connectivity index (χ0n) is 20.3. The maximum Gasteiger partial charge on any atom is 0.421 e. The summed E-state index contributed by atoms with van der Waals surface area (Å²) in [6.45, 7) is 7.30. The molecule has 176 valence electrons. The van der Waals surface area contributed by atoms with Crippen molar-refractivity contribution in [3.8, 4) is 11.5 Å². The summed E-state index contributed by atoms with van der Waals surface area (Å²) in [4.78, 5) is 28.9. The van der Waals surface area contributed by atoms with Crippen molar-refractivity contribution in [2.75, 3.05) is 19.1 Å². The van der Waals surface area contributed by atoms with Crippen molar-refractivity contribution in [3.05, 3.63) is 89.0 Å². The molecular weight excluding hydrogens is 430 g/mol. The molecule has 0 saturated heterocycles. The van der Waals surface area contributed by atoms with E-state index in [-0.39, 0.29) is 0 Å². The number of methoxy groups -OCH3 is 2. The van der Waals surface area contributed by atoms with Crippen LogP contribution in [0.5, 0.6) is 11.5 Å². The Morgan fingerprint density at radius 3 is 2.15 bits per heavy atom. The topological polar surface area (TPSA) is 65.1 Å². The number of fused-ring (bicyclic) bond motifs is 1. The molecule has 3 aromatic carbocycles. The van der Waals surface area contributed by atoms with Crippen molar-refractivity contribution in [2.45, 2.75) is 38.7 Å². The number of aryl methyl sites for hydroxylation is 1. The lowest BCUT2D eigenvalue weighted by atomic mass is 9.70. The largest absolute Gasteiger partial charge is 0.493 e. The fourth-order valence-corrected chi connectivity index (χ4v) is 4.51. The summed E-state index contributed by atoms with van der Waals surface area (Å²) in [5.74, 6) is 0.641. The van der Waals surface area contributed by atoms with Crippen LogP contribution in [0.1, 0.15) is 43.0 Å². The number of hydrogen-bond acceptors (Lipinski definition) is 5. The monoisotopic (exact) mass is 459 g/mol. The SMILES string of the molecule is COc1ccc(C2(c3ccccc3)C(=O)N(C(=O)OC(C)(C)C)c3ccc(C)cc32)cc1OC. The fourth-order valence-electron chi connectivity index (χ4n) is 4.51. The molecule has 0 saturated carbocycles. The molecule has 0 spiro atoms. The Kier molecular flexibility index (Phi) is 5.86. The van der Waals surface area contributed by atoms with Crippen LogP contribution < -0.4 is 14.4 Å². The molecule has 6 heteroatoms. The number of rotatable bonds is 4. The van der Waals surface area contributed by atoms with Crippen LogP contribution in [0.25, 0.3) is 0 Å². The van der Waals surface area contributed by atoms with Crippen LogP contribution in [-0.2, 0) is 14.9 Å². The van der Waals surface area contributed by atoms with E-state index in [0.29, 0.717) is 28.3 Å². The molecule has 0 radical (unpaired) electrons. The van der Waals surface area contributed by atoms with E-state index in [2.05, 4.69) is 0 Å². The van der Waals surface area contributed by atoms with E-state index in [0.717, 1.165) is 16.0 Å². The van der Waals surface area contributed by atoms with Gasteiger partial charge in [-0.25, -0.2) is 9.69 Å². The fraction of sp³-hybridized carbons (Fsp3) is 0.286. The highest BCUT2D eigenvalue weighted by Gasteiger charge is 2.56. The van der Waals surface area contributed by atoms with E-state index in [1.165, 1.54) is 0 Å². The standard InChI is InChI=1S/C28H29NO5/c1-18-12-14-22-21(16-18)28(19-10-8-7-9-11-19,20-13-15-23(32-5)24(17-20)33-6)25(30)29(22)26(31)34-27(2,3)4/h7-17H,1-6H3. The zero-order valence-corrected chi connectivity index (χ0v) is 20.3. The van der Waals surface area contributed by atoms with Crippen LogP contribution in [0.3, 0.4) is 0 Å². The summed E-state index contributed by atoms with van der Waals surface area (Å²) in [5.41, 5.74) is 1.55. The molecule has 1 unspecified atom stereocenters. The predicted octanol–water partition coefficient (Wildman–Crippen LogP) is 5.63. The van der Waals surface area contributed by atoms with Gasteiger partial charge < -0.3 is 14.2 Å². The Bertz CT molecular complexity index is 1250. The Morgan fingerprint density at radius 2 is 1.53 bits per heavy atom. The van der Waals surface area contributed by atoms with Gasteiger partial charge in [0.25, 0.3) is 5.91 Å². The van der Waals surface area contributed by atoms with Crippen LogP contribution in [0.4, 0.5) is 10.5 Å². The maximum absolute atomic E-state index is 14.4. The summed E-state index contributed by atoms with van der Waals surface area (Å²) in [6.07, 6.45) is -0.708. The van der Waals surface area contributed by atoms with Crippen molar-refractivity contribution >= 4 is 17.7 Å². The average molecular weight is 460 g/mol. The summed E-state index contributed by atoms with van der Waals surface area (Å²) in [7, 11) is 3.12. The molecule has 3 aromatic rings. The van der Waals surface area contributed by atoms with Crippen molar-refractivity contribution in [3.63, 3.8) is 0 Å². The first-order chi connectivity index (χ1) is 16.1. The Labute approximate surface area is 200 Å². The highest BCUT2D eigenvalue weighted by atomic mass is 16.6. The third-order valence-corrected chi connectivity index (χ3v) is 5.92. The number of amides is 2. The molecule has 6 nitrogen and oxygen atoms in total. The first-order valence-electron chi connectivity index (χ1n) is 11.1. The van der Waals surface area contributed by atoms with E-state index in [1.807, 2.05) is 55.5 Å². The summed E-state index contributed by atoms with van der Waals surface area (Å²) < 4.78 is 16.6. The summed E-state index contributed by atoms with van der Waals surface area (Å²) in [6, 6.07) is 20.5. The number of benzene rings is 3. The van der Waals surface area contributed by atoms with Crippen molar-refractivity contribution < 1.29 is 23.8 Å². The number of hydrogen-bond donors (Lipinski definition) is 0.